The standard InChI is InChI=1S/C19H15NO6/c1-24-14-7-4-6-13(10-14)20-17(21)11-25-18(22)15-9-12-5-2-3-8-16(12)26-19(15)23/h2-10H,11H2,1H3,(H,20,21). The van der Waals surface area contributed by atoms with Crippen molar-refractivity contribution in [2.45, 2.75) is 0 Å². The van der Waals surface area contributed by atoms with Gasteiger partial charge in [-0.25, -0.2) is 9.59 Å². The zero-order chi connectivity index (χ0) is 18.5. The summed E-state index contributed by atoms with van der Waals surface area (Å²) in [5, 5.41) is 3.15. The number of rotatable bonds is 5. The molecule has 1 aromatic heterocycles. The number of carbonyl (C=O) groups excluding carboxylic acids is 2. The molecule has 0 saturated carbocycles. The van der Waals surface area contributed by atoms with Crippen LogP contribution in [-0.4, -0.2) is 25.6 Å². The van der Waals surface area contributed by atoms with E-state index in [0.29, 0.717) is 22.4 Å². The van der Waals surface area contributed by atoms with Crippen LogP contribution in [0.3, 0.4) is 0 Å². The molecule has 3 aromatic rings. The van der Waals surface area contributed by atoms with E-state index >= 15 is 0 Å². The van der Waals surface area contributed by atoms with Crippen molar-refractivity contribution in [2.75, 3.05) is 19.0 Å². The maximum absolute atomic E-state index is 12.1. The van der Waals surface area contributed by atoms with Gasteiger partial charge in [0.1, 0.15) is 16.9 Å². The summed E-state index contributed by atoms with van der Waals surface area (Å²) in [6.07, 6.45) is 0. The first-order chi connectivity index (χ1) is 12.6. The Bertz CT molecular complexity index is 1020. The molecule has 0 radical (unpaired) electrons. The van der Waals surface area contributed by atoms with Gasteiger partial charge in [-0.2, -0.15) is 0 Å². The first kappa shape index (κ1) is 17.2. The molecule has 0 bridgehead atoms. The lowest BCUT2D eigenvalue weighted by Crippen LogP contribution is -2.23. The Balaban J connectivity index is 1.65. The summed E-state index contributed by atoms with van der Waals surface area (Å²) in [4.78, 5) is 35.9. The van der Waals surface area contributed by atoms with Gasteiger partial charge >= 0.3 is 11.6 Å². The van der Waals surface area contributed by atoms with E-state index in [1.54, 1.807) is 48.5 Å². The number of ether oxygens (including phenoxy) is 2. The Hall–Kier alpha value is -3.61. The predicted octanol–water partition coefficient (Wildman–Crippen LogP) is 2.60. The lowest BCUT2D eigenvalue weighted by Gasteiger charge is -2.08. The average molecular weight is 353 g/mol. The summed E-state index contributed by atoms with van der Waals surface area (Å²) in [6.45, 7) is -0.539. The number of anilines is 1. The minimum absolute atomic E-state index is 0.266. The molecular formula is C19H15NO6. The van der Waals surface area contributed by atoms with Crippen molar-refractivity contribution in [3.05, 3.63) is 70.6 Å². The molecule has 132 valence electrons. The highest BCUT2D eigenvalue weighted by atomic mass is 16.5. The van der Waals surface area contributed by atoms with E-state index in [1.807, 2.05) is 0 Å². The zero-order valence-corrected chi connectivity index (χ0v) is 13.9. The Labute approximate surface area is 148 Å². The minimum Gasteiger partial charge on any atom is -0.497 e. The van der Waals surface area contributed by atoms with Gasteiger partial charge in [-0.05, 0) is 24.3 Å². The van der Waals surface area contributed by atoms with E-state index in [1.165, 1.54) is 13.2 Å². The van der Waals surface area contributed by atoms with Gasteiger partial charge in [0, 0.05) is 17.1 Å². The second kappa shape index (κ2) is 7.52. The molecular weight excluding hydrogens is 338 g/mol. The van der Waals surface area contributed by atoms with Gasteiger partial charge in [0.05, 0.1) is 7.11 Å². The number of para-hydroxylation sites is 1. The van der Waals surface area contributed by atoms with Crippen LogP contribution < -0.4 is 15.7 Å². The number of methoxy groups -OCH3 is 1. The van der Waals surface area contributed by atoms with Crippen molar-refractivity contribution in [3.63, 3.8) is 0 Å². The summed E-state index contributed by atoms with van der Waals surface area (Å²) in [5.41, 5.74) is -0.222. The molecule has 2 aromatic carbocycles. The van der Waals surface area contributed by atoms with E-state index in [4.69, 9.17) is 13.9 Å². The largest absolute Gasteiger partial charge is 0.497 e. The number of hydrogen-bond acceptors (Lipinski definition) is 6. The molecule has 0 saturated heterocycles. The van der Waals surface area contributed by atoms with E-state index in [0.717, 1.165) is 0 Å². The summed E-state index contributed by atoms with van der Waals surface area (Å²) in [6, 6.07) is 14.9. The highest BCUT2D eigenvalue weighted by Gasteiger charge is 2.16. The van der Waals surface area contributed by atoms with Crippen molar-refractivity contribution in [1.29, 1.82) is 0 Å². The van der Waals surface area contributed by atoms with E-state index in [-0.39, 0.29) is 5.56 Å². The third-order valence-corrected chi connectivity index (χ3v) is 3.55. The molecule has 0 aliphatic rings. The van der Waals surface area contributed by atoms with Crippen molar-refractivity contribution >= 4 is 28.5 Å². The number of hydrogen-bond donors (Lipinski definition) is 1. The molecule has 7 heteroatoms. The van der Waals surface area contributed by atoms with Gasteiger partial charge in [-0.3, -0.25) is 4.79 Å². The van der Waals surface area contributed by atoms with Gasteiger partial charge in [0.2, 0.25) is 0 Å². The quantitative estimate of drug-likeness (QED) is 0.560. The van der Waals surface area contributed by atoms with E-state index in [2.05, 4.69) is 5.32 Å². The van der Waals surface area contributed by atoms with Crippen LogP contribution >= 0.6 is 0 Å². The normalized spacial score (nSPS) is 10.3. The van der Waals surface area contributed by atoms with Crippen LogP contribution in [0.15, 0.2) is 63.8 Å². The fraction of sp³-hybridized carbons (Fsp3) is 0.105. The molecule has 1 amide bonds. The number of fused-ring (bicyclic) bond motifs is 1. The molecule has 0 aliphatic heterocycles. The van der Waals surface area contributed by atoms with Crippen molar-refractivity contribution in [2.24, 2.45) is 0 Å². The molecule has 26 heavy (non-hydrogen) atoms. The van der Waals surface area contributed by atoms with Gasteiger partial charge in [-0.15, -0.1) is 0 Å². The van der Waals surface area contributed by atoms with Crippen LogP contribution in [0, 0.1) is 0 Å². The van der Waals surface area contributed by atoms with Crippen LogP contribution in [0.5, 0.6) is 5.75 Å². The Morgan fingerprint density at radius 3 is 2.69 bits per heavy atom. The highest BCUT2D eigenvalue weighted by Crippen LogP contribution is 2.16. The second-order valence-electron chi connectivity index (χ2n) is 5.34. The smallest absolute Gasteiger partial charge is 0.351 e. The molecule has 1 heterocycles. The first-order valence-corrected chi connectivity index (χ1v) is 7.71. The molecule has 0 spiro atoms. The van der Waals surface area contributed by atoms with Crippen LogP contribution in [-0.2, 0) is 9.53 Å². The third-order valence-electron chi connectivity index (χ3n) is 3.55. The predicted molar refractivity (Wildman–Crippen MR) is 94.4 cm³/mol. The molecule has 1 N–H and O–H groups in total. The van der Waals surface area contributed by atoms with Crippen molar-refractivity contribution in [3.8, 4) is 5.75 Å². The maximum atomic E-state index is 12.1. The minimum atomic E-state index is -0.926. The van der Waals surface area contributed by atoms with Gasteiger partial charge in [0.25, 0.3) is 5.91 Å². The lowest BCUT2D eigenvalue weighted by molar-refractivity contribution is -0.119. The Kier molecular flexibility index (Phi) is 4.98. The van der Waals surface area contributed by atoms with Crippen LogP contribution in [0.4, 0.5) is 5.69 Å². The fourth-order valence-electron chi connectivity index (χ4n) is 2.31. The summed E-state index contributed by atoms with van der Waals surface area (Å²) in [5.74, 6) is -0.893. The van der Waals surface area contributed by atoms with Crippen molar-refractivity contribution < 1.29 is 23.5 Å². The number of amides is 1. The van der Waals surface area contributed by atoms with Crippen LogP contribution in [0.2, 0.25) is 0 Å². The SMILES string of the molecule is COc1cccc(NC(=O)COC(=O)c2cc3ccccc3oc2=O)c1. The summed E-state index contributed by atoms with van der Waals surface area (Å²) in [7, 11) is 1.51. The van der Waals surface area contributed by atoms with Crippen molar-refractivity contribution in [1.82, 2.24) is 0 Å². The first-order valence-electron chi connectivity index (χ1n) is 7.71. The maximum Gasteiger partial charge on any atom is 0.351 e. The lowest BCUT2D eigenvalue weighted by atomic mass is 10.2. The summed E-state index contributed by atoms with van der Waals surface area (Å²) < 4.78 is 15.0. The molecule has 0 unspecified atom stereocenters. The molecule has 0 atom stereocenters. The van der Waals surface area contributed by atoms with Gasteiger partial charge in [-0.1, -0.05) is 24.3 Å². The molecule has 3 rings (SSSR count). The van der Waals surface area contributed by atoms with Gasteiger partial charge < -0.3 is 19.2 Å². The van der Waals surface area contributed by atoms with Gasteiger partial charge in [0.15, 0.2) is 6.61 Å². The van der Waals surface area contributed by atoms with E-state index in [9.17, 15) is 14.4 Å². The van der Waals surface area contributed by atoms with Crippen LogP contribution in [0.25, 0.3) is 11.0 Å². The average Bonchev–Trinajstić information content (AvgIpc) is 2.65. The molecule has 7 nitrogen and oxygen atoms in total. The Morgan fingerprint density at radius 1 is 1.08 bits per heavy atom. The highest BCUT2D eigenvalue weighted by molar-refractivity contribution is 5.96. The number of esters is 1. The molecule has 0 aliphatic carbocycles. The number of carbonyl (C=O) groups is 2. The third kappa shape index (κ3) is 3.89. The fourth-order valence-corrected chi connectivity index (χ4v) is 2.31. The monoisotopic (exact) mass is 353 g/mol. The molecule has 0 fully saturated rings. The second-order valence-corrected chi connectivity index (χ2v) is 5.34. The summed E-state index contributed by atoms with van der Waals surface area (Å²) >= 11 is 0. The number of nitrogens with one attached hydrogen (secondary N) is 1. The van der Waals surface area contributed by atoms with E-state index < -0.39 is 24.1 Å². The topological polar surface area (TPSA) is 94.8 Å². The Morgan fingerprint density at radius 2 is 1.88 bits per heavy atom. The number of benzene rings is 2. The zero-order valence-electron chi connectivity index (χ0n) is 13.9. The van der Waals surface area contributed by atoms with Crippen LogP contribution in [0.1, 0.15) is 10.4 Å².